The Labute approximate surface area is 129 Å². The van der Waals surface area contributed by atoms with Crippen molar-refractivity contribution in [3.05, 3.63) is 17.3 Å². The van der Waals surface area contributed by atoms with E-state index in [4.69, 9.17) is 0 Å². The highest BCUT2D eigenvalue weighted by atomic mass is 32.1. The smallest absolute Gasteiger partial charge is 0.150 e. The Morgan fingerprint density at radius 3 is 2.86 bits per heavy atom. The molecule has 2 fully saturated rings. The lowest BCUT2D eigenvalue weighted by Crippen LogP contribution is -2.51. The Hall–Kier alpha value is -1.24. The molecule has 5 nitrogen and oxygen atoms in total. The molecule has 1 N–H and O–H groups in total. The van der Waals surface area contributed by atoms with E-state index >= 15 is 0 Å². The summed E-state index contributed by atoms with van der Waals surface area (Å²) < 4.78 is 1.24. The molecule has 4 rings (SSSR count). The van der Waals surface area contributed by atoms with Crippen LogP contribution in [0.2, 0.25) is 0 Å². The van der Waals surface area contributed by atoms with Crippen LogP contribution in [-0.2, 0) is 0 Å². The van der Waals surface area contributed by atoms with Crippen LogP contribution in [0.5, 0.6) is 0 Å². The Kier molecular flexibility index (Phi) is 3.52. The number of thiophene rings is 1. The third-order valence-electron chi connectivity index (χ3n) is 4.68. The third kappa shape index (κ3) is 2.41. The average Bonchev–Trinajstić information content (AvgIpc) is 3.18. The number of anilines is 1. The van der Waals surface area contributed by atoms with Gasteiger partial charge in [-0.1, -0.05) is 0 Å². The van der Waals surface area contributed by atoms with Crippen LogP contribution in [0.4, 0.5) is 5.82 Å². The number of nitrogens with zero attached hydrogens (tertiary/aromatic N) is 4. The van der Waals surface area contributed by atoms with Crippen LogP contribution in [-0.4, -0.2) is 60.2 Å². The summed E-state index contributed by atoms with van der Waals surface area (Å²) in [5.74, 6) is 1.13. The second-order valence-electron chi connectivity index (χ2n) is 5.96. The fourth-order valence-electron chi connectivity index (χ4n) is 3.43. The molecule has 6 heteroatoms. The fraction of sp³-hybridized carbons (Fsp3) is 0.600. The van der Waals surface area contributed by atoms with Gasteiger partial charge >= 0.3 is 0 Å². The van der Waals surface area contributed by atoms with E-state index in [-0.39, 0.29) is 0 Å². The maximum Gasteiger partial charge on any atom is 0.150 e. The number of hydrogen-bond donors (Lipinski definition) is 1. The molecule has 112 valence electrons. The highest BCUT2D eigenvalue weighted by molar-refractivity contribution is 7.18. The van der Waals surface area contributed by atoms with Gasteiger partial charge in [-0.05, 0) is 30.8 Å². The van der Waals surface area contributed by atoms with Crippen LogP contribution < -0.4 is 10.2 Å². The van der Waals surface area contributed by atoms with E-state index in [1.54, 1.807) is 17.7 Å². The van der Waals surface area contributed by atoms with Gasteiger partial charge < -0.3 is 10.2 Å². The number of aryl methyl sites for hydroxylation is 1. The SMILES string of the molecule is Cc1csc2c(N3CCN(C4CCNC4)CC3)ncnc12. The van der Waals surface area contributed by atoms with Crippen LogP contribution in [0.1, 0.15) is 12.0 Å². The van der Waals surface area contributed by atoms with Crippen molar-refractivity contribution in [2.24, 2.45) is 0 Å². The van der Waals surface area contributed by atoms with Gasteiger partial charge in [0.25, 0.3) is 0 Å². The Balaban J connectivity index is 1.52. The second-order valence-corrected chi connectivity index (χ2v) is 6.84. The Bertz CT molecular complexity index is 626. The van der Waals surface area contributed by atoms with Crippen molar-refractivity contribution in [1.29, 1.82) is 0 Å². The standard InChI is InChI=1S/C15H21N5S/c1-11-9-21-14-13(11)17-10-18-15(14)20-6-4-19(5-7-20)12-2-3-16-8-12/h9-10,12,16H,2-8H2,1H3. The topological polar surface area (TPSA) is 44.3 Å². The first-order valence-corrected chi connectivity index (χ1v) is 8.59. The van der Waals surface area contributed by atoms with E-state index in [9.17, 15) is 0 Å². The zero-order valence-corrected chi connectivity index (χ0v) is 13.2. The average molecular weight is 303 g/mol. The molecule has 0 spiro atoms. The number of fused-ring (bicyclic) bond motifs is 1. The molecule has 0 radical (unpaired) electrons. The van der Waals surface area contributed by atoms with Crippen LogP contribution in [0, 0.1) is 6.92 Å². The van der Waals surface area contributed by atoms with Gasteiger partial charge in [0.1, 0.15) is 12.1 Å². The minimum absolute atomic E-state index is 0.738. The maximum absolute atomic E-state index is 4.56. The zero-order chi connectivity index (χ0) is 14.2. The van der Waals surface area contributed by atoms with Crippen LogP contribution in [0.15, 0.2) is 11.7 Å². The summed E-state index contributed by atoms with van der Waals surface area (Å²) in [6.45, 7) is 8.87. The van der Waals surface area contributed by atoms with E-state index in [1.807, 2.05) is 0 Å². The lowest BCUT2D eigenvalue weighted by Gasteiger charge is -2.38. The van der Waals surface area contributed by atoms with Crippen molar-refractivity contribution in [3.8, 4) is 0 Å². The number of hydrogen-bond acceptors (Lipinski definition) is 6. The van der Waals surface area contributed by atoms with Crippen LogP contribution in [0.25, 0.3) is 10.2 Å². The van der Waals surface area contributed by atoms with Crippen molar-refractivity contribution in [1.82, 2.24) is 20.2 Å². The summed E-state index contributed by atoms with van der Waals surface area (Å²) in [4.78, 5) is 14.1. The summed E-state index contributed by atoms with van der Waals surface area (Å²) >= 11 is 1.77. The third-order valence-corrected chi connectivity index (χ3v) is 5.76. The molecule has 2 aliphatic heterocycles. The van der Waals surface area contributed by atoms with E-state index in [0.717, 1.165) is 50.1 Å². The molecule has 0 aliphatic carbocycles. The van der Waals surface area contributed by atoms with Crippen molar-refractivity contribution in [2.75, 3.05) is 44.2 Å². The van der Waals surface area contributed by atoms with Gasteiger partial charge in [-0.2, -0.15) is 0 Å². The first-order valence-electron chi connectivity index (χ1n) is 7.71. The van der Waals surface area contributed by atoms with Crippen LogP contribution >= 0.6 is 11.3 Å². The lowest BCUT2D eigenvalue weighted by molar-refractivity contribution is 0.196. The van der Waals surface area contributed by atoms with E-state index in [0.29, 0.717) is 0 Å². The summed E-state index contributed by atoms with van der Waals surface area (Å²) in [6.07, 6.45) is 3.01. The van der Waals surface area contributed by atoms with Crippen molar-refractivity contribution in [3.63, 3.8) is 0 Å². The van der Waals surface area contributed by atoms with Gasteiger partial charge in [-0.3, -0.25) is 4.90 Å². The summed E-state index contributed by atoms with van der Waals surface area (Å²) in [7, 11) is 0. The zero-order valence-electron chi connectivity index (χ0n) is 12.4. The molecule has 2 aliphatic rings. The molecular weight excluding hydrogens is 282 g/mol. The predicted octanol–water partition coefficient (Wildman–Crippen LogP) is 1.48. The Morgan fingerprint density at radius 1 is 1.24 bits per heavy atom. The van der Waals surface area contributed by atoms with Gasteiger partial charge in [0, 0.05) is 38.8 Å². The maximum atomic E-state index is 4.56. The second kappa shape index (κ2) is 5.51. The summed E-state index contributed by atoms with van der Waals surface area (Å²) in [5.41, 5.74) is 2.38. The molecule has 21 heavy (non-hydrogen) atoms. The van der Waals surface area contributed by atoms with E-state index < -0.39 is 0 Å². The van der Waals surface area contributed by atoms with Gasteiger partial charge in [-0.15, -0.1) is 11.3 Å². The van der Waals surface area contributed by atoms with Crippen molar-refractivity contribution in [2.45, 2.75) is 19.4 Å². The normalized spacial score (nSPS) is 24.0. The molecule has 0 bridgehead atoms. The van der Waals surface area contributed by atoms with Gasteiger partial charge in [0.15, 0.2) is 0 Å². The molecule has 2 aromatic heterocycles. The first kappa shape index (κ1) is 13.4. The molecule has 0 saturated carbocycles. The van der Waals surface area contributed by atoms with Crippen LogP contribution in [0.3, 0.4) is 0 Å². The molecule has 1 atom stereocenters. The quantitative estimate of drug-likeness (QED) is 0.910. The number of nitrogens with one attached hydrogen (secondary N) is 1. The molecule has 1 unspecified atom stereocenters. The Morgan fingerprint density at radius 2 is 2.10 bits per heavy atom. The number of piperazine rings is 1. The number of aromatic nitrogens is 2. The van der Waals surface area contributed by atoms with Gasteiger partial charge in [0.2, 0.25) is 0 Å². The number of rotatable bonds is 2. The molecular formula is C15H21N5S. The molecule has 4 heterocycles. The highest BCUT2D eigenvalue weighted by Gasteiger charge is 2.27. The highest BCUT2D eigenvalue weighted by Crippen LogP contribution is 2.31. The van der Waals surface area contributed by atoms with E-state index in [2.05, 4.69) is 37.4 Å². The largest absolute Gasteiger partial charge is 0.353 e. The predicted molar refractivity (Wildman–Crippen MR) is 87.2 cm³/mol. The monoisotopic (exact) mass is 303 g/mol. The first-order chi connectivity index (χ1) is 10.3. The van der Waals surface area contributed by atoms with Crippen molar-refractivity contribution < 1.29 is 0 Å². The minimum atomic E-state index is 0.738. The van der Waals surface area contributed by atoms with Crippen molar-refractivity contribution >= 4 is 27.4 Å². The summed E-state index contributed by atoms with van der Waals surface area (Å²) in [5, 5.41) is 5.65. The fourth-order valence-corrected chi connectivity index (χ4v) is 4.45. The van der Waals surface area contributed by atoms with Gasteiger partial charge in [-0.25, -0.2) is 9.97 Å². The van der Waals surface area contributed by atoms with E-state index in [1.165, 1.54) is 23.2 Å². The molecule has 0 aromatic carbocycles. The molecule has 2 aromatic rings. The molecule has 0 amide bonds. The lowest BCUT2D eigenvalue weighted by atomic mass is 10.2. The summed E-state index contributed by atoms with van der Waals surface area (Å²) in [6, 6.07) is 0.738. The molecule has 2 saturated heterocycles. The van der Waals surface area contributed by atoms with Gasteiger partial charge in [0.05, 0.1) is 10.2 Å². The minimum Gasteiger partial charge on any atom is -0.353 e.